The van der Waals surface area contributed by atoms with Gasteiger partial charge in [-0.25, -0.2) is 0 Å². The standard InChI is InChI=1S/C27H33NO9/c1-17(29)32-14-23-25(37-27(2,3)36-23)24(35-15-31-4)20(13-28-26(30)18-8-6-5-7-9-18)19-10-11-21-22(12-19)34-16-33-21/h5-12,20,23-25H,13-16H2,1-4H3,(H,28,30)/t20-,23-,24+,25+/m0/s1. The van der Waals surface area contributed by atoms with Crippen LogP contribution < -0.4 is 14.8 Å². The van der Waals surface area contributed by atoms with E-state index in [1.54, 1.807) is 38.1 Å². The normalized spacial score (nSPS) is 21.3. The van der Waals surface area contributed by atoms with Gasteiger partial charge in [0.25, 0.3) is 5.91 Å². The van der Waals surface area contributed by atoms with Gasteiger partial charge in [-0.3, -0.25) is 9.59 Å². The number of hydrogen-bond acceptors (Lipinski definition) is 9. The number of amides is 1. The summed E-state index contributed by atoms with van der Waals surface area (Å²) in [7, 11) is 1.52. The summed E-state index contributed by atoms with van der Waals surface area (Å²) in [5.74, 6) is -0.778. The lowest BCUT2D eigenvalue weighted by Crippen LogP contribution is -2.46. The molecule has 4 atom stereocenters. The molecule has 10 heteroatoms. The van der Waals surface area contributed by atoms with Crippen LogP contribution in [0.3, 0.4) is 0 Å². The molecular formula is C27H33NO9. The van der Waals surface area contributed by atoms with Gasteiger partial charge in [0.05, 0.1) is 6.10 Å². The molecule has 1 N–H and O–H groups in total. The van der Waals surface area contributed by atoms with Gasteiger partial charge in [0.15, 0.2) is 17.3 Å². The summed E-state index contributed by atoms with van der Waals surface area (Å²) in [4.78, 5) is 24.5. The van der Waals surface area contributed by atoms with Gasteiger partial charge in [0, 0.05) is 32.1 Å². The maximum atomic E-state index is 12.9. The zero-order valence-electron chi connectivity index (χ0n) is 21.4. The molecule has 0 unspecified atom stereocenters. The summed E-state index contributed by atoms with van der Waals surface area (Å²) in [6.07, 6.45) is -1.91. The van der Waals surface area contributed by atoms with Crippen molar-refractivity contribution in [1.82, 2.24) is 5.32 Å². The van der Waals surface area contributed by atoms with Crippen LogP contribution in [0.4, 0.5) is 0 Å². The number of carbonyl (C=O) groups is 2. The Labute approximate surface area is 216 Å². The van der Waals surface area contributed by atoms with E-state index >= 15 is 0 Å². The van der Waals surface area contributed by atoms with E-state index < -0.39 is 36.0 Å². The van der Waals surface area contributed by atoms with Gasteiger partial charge in [-0.15, -0.1) is 0 Å². The minimum Gasteiger partial charge on any atom is -0.463 e. The molecular weight excluding hydrogens is 482 g/mol. The molecule has 0 aliphatic carbocycles. The van der Waals surface area contributed by atoms with Gasteiger partial charge in [-0.2, -0.15) is 0 Å². The topological polar surface area (TPSA) is 111 Å². The average Bonchev–Trinajstić information content (AvgIpc) is 3.47. The molecule has 1 fully saturated rings. The molecule has 37 heavy (non-hydrogen) atoms. The number of carbonyl (C=O) groups excluding carboxylic acids is 2. The number of benzene rings is 2. The van der Waals surface area contributed by atoms with E-state index in [0.29, 0.717) is 17.1 Å². The lowest BCUT2D eigenvalue weighted by molar-refractivity contribution is -0.174. The van der Waals surface area contributed by atoms with Gasteiger partial charge >= 0.3 is 5.97 Å². The molecule has 4 rings (SSSR count). The van der Waals surface area contributed by atoms with Crippen LogP contribution in [0, 0.1) is 0 Å². The Hall–Kier alpha value is -3.18. The number of nitrogens with one attached hydrogen (secondary N) is 1. The smallest absolute Gasteiger partial charge is 0.302 e. The molecule has 2 aliphatic rings. The predicted molar refractivity (Wildman–Crippen MR) is 131 cm³/mol. The van der Waals surface area contributed by atoms with Crippen molar-refractivity contribution in [2.24, 2.45) is 0 Å². The third-order valence-corrected chi connectivity index (χ3v) is 6.11. The van der Waals surface area contributed by atoms with Crippen LogP contribution >= 0.6 is 0 Å². The van der Waals surface area contributed by atoms with E-state index in [4.69, 9.17) is 33.2 Å². The Bertz CT molecular complexity index is 1070. The number of rotatable bonds is 11. The fraction of sp³-hybridized carbons (Fsp3) is 0.481. The lowest BCUT2D eigenvalue weighted by Gasteiger charge is -2.33. The van der Waals surface area contributed by atoms with Crippen LogP contribution in [-0.2, 0) is 28.5 Å². The molecule has 2 aromatic rings. The van der Waals surface area contributed by atoms with Crippen LogP contribution in [-0.4, -0.2) is 69.8 Å². The van der Waals surface area contributed by atoms with Crippen LogP contribution in [0.2, 0.25) is 0 Å². The third-order valence-electron chi connectivity index (χ3n) is 6.11. The molecule has 0 saturated carbocycles. The van der Waals surface area contributed by atoms with Crippen LogP contribution in [0.25, 0.3) is 0 Å². The Morgan fingerprint density at radius 1 is 1.08 bits per heavy atom. The molecule has 2 aromatic carbocycles. The monoisotopic (exact) mass is 515 g/mol. The van der Waals surface area contributed by atoms with Crippen molar-refractivity contribution in [3.63, 3.8) is 0 Å². The Morgan fingerprint density at radius 3 is 2.57 bits per heavy atom. The van der Waals surface area contributed by atoms with Crippen molar-refractivity contribution >= 4 is 11.9 Å². The van der Waals surface area contributed by atoms with Crippen molar-refractivity contribution in [3.8, 4) is 11.5 Å². The number of hydrogen-bond donors (Lipinski definition) is 1. The van der Waals surface area contributed by atoms with E-state index in [9.17, 15) is 9.59 Å². The lowest BCUT2D eigenvalue weighted by atomic mass is 9.87. The second-order valence-electron chi connectivity index (χ2n) is 9.27. The van der Waals surface area contributed by atoms with E-state index in [1.807, 2.05) is 24.3 Å². The molecule has 0 bridgehead atoms. The van der Waals surface area contributed by atoms with Crippen molar-refractivity contribution in [2.75, 3.05) is 33.8 Å². The van der Waals surface area contributed by atoms with Crippen molar-refractivity contribution in [2.45, 2.75) is 50.8 Å². The van der Waals surface area contributed by atoms with Gasteiger partial charge in [0.2, 0.25) is 6.79 Å². The van der Waals surface area contributed by atoms with Crippen molar-refractivity contribution in [3.05, 3.63) is 59.7 Å². The summed E-state index contributed by atoms with van der Waals surface area (Å²) in [6.45, 7) is 5.21. The van der Waals surface area contributed by atoms with E-state index in [2.05, 4.69) is 5.32 Å². The first-order valence-electron chi connectivity index (χ1n) is 12.1. The fourth-order valence-electron chi connectivity index (χ4n) is 4.52. The van der Waals surface area contributed by atoms with Crippen LogP contribution in [0.1, 0.15) is 42.6 Å². The number of fused-ring (bicyclic) bond motifs is 1. The molecule has 2 heterocycles. The van der Waals surface area contributed by atoms with Crippen LogP contribution in [0.5, 0.6) is 11.5 Å². The quantitative estimate of drug-likeness (QED) is 0.357. The van der Waals surface area contributed by atoms with E-state index in [1.165, 1.54) is 14.0 Å². The molecule has 10 nitrogen and oxygen atoms in total. The number of esters is 1. The minimum absolute atomic E-state index is 0.0134. The van der Waals surface area contributed by atoms with Gasteiger partial charge in [-0.1, -0.05) is 24.3 Å². The van der Waals surface area contributed by atoms with Gasteiger partial charge in [-0.05, 0) is 43.7 Å². The molecule has 0 aromatic heterocycles. The first kappa shape index (κ1) is 26.9. The largest absolute Gasteiger partial charge is 0.463 e. The predicted octanol–water partition coefficient (Wildman–Crippen LogP) is 3.00. The summed E-state index contributed by atoms with van der Waals surface area (Å²) in [5.41, 5.74) is 1.37. The summed E-state index contributed by atoms with van der Waals surface area (Å²) >= 11 is 0. The molecule has 0 radical (unpaired) electrons. The molecule has 0 spiro atoms. The third kappa shape index (κ3) is 6.78. The zero-order valence-corrected chi connectivity index (χ0v) is 21.4. The highest BCUT2D eigenvalue weighted by molar-refractivity contribution is 5.94. The molecule has 1 amide bonds. The Balaban J connectivity index is 1.66. The molecule has 200 valence electrons. The first-order chi connectivity index (χ1) is 17.8. The second kappa shape index (κ2) is 11.9. The fourth-order valence-corrected chi connectivity index (χ4v) is 4.52. The van der Waals surface area contributed by atoms with Gasteiger partial charge < -0.3 is 38.5 Å². The number of methoxy groups -OCH3 is 1. The summed E-state index contributed by atoms with van der Waals surface area (Å²) in [6, 6.07) is 14.5. The van der Waals surface area contributed by atoms with Gasteiger partial charge in [0.1, 0.15) is 25.6 Å². The highest BCUT2D eigenvalue weighted by atomic mass is 16.8. The van der Waals surface area contributed by atoms with E-state index in [0.717, 1.165) is 5.56 Å². The SMILES string of the molecule is COCO[C@@H]([C@@H]1OC(C)(C)O[C@H]1COC(C)=O)[C@@H](CNC(=O)c1ccccc1)c1ccc2c(c1)OCO2. The van der Waals surface area contributed by atoms with Crippen molar-refractivity contribution in [1.29, 1.82) is 0 Å². The summed E-state index contributed by atoms with van der Waals surface area (Å²) in [5, 5.41) is 3.02. The minimum atomic E-state index is -0.948. The average molecular weight is 516 g/mol. The maximum Gasteiger partial charge on any atom is 0.302 e. The number of ether oxygens (including phenoxy) is 7. The Kier molecular flexibility index (Phi) is 8.65. The highest BCUT2D eigenvalue weighted by Crippen LogP contribution is 2.40. The molecule has 1 saturated heterocycles. The maximum absolute atomic E-state index is 12.9. The molecule has 2 aliphatic heterocycles. The van der Waals surface area contributed by atoms with Crippen molar-refractivity contribution < 1.29 is 42.7 Å². The summed E-state index contributed by atoms with van der Waals surface area (Å²) < 4.78 is 40.1. The van der Waals surface area contributed by atoms with Crippen LogP contribution in [0.15, 0.2) is 48.5 Å². The Morgan fingerprint density at radius 2 is 1.84 bits per heavy atom. The van der Waals surface area contributed by atoms with E-state index in [-0.39, 0.29) is 32.6 Å². The zero-order chi connectivity index (χ0) is 26.4. The highest BCUT2D eigenvalue weighted by Gasteiger charge is 2.49. The second-order valence-corrected chi connectivity index (χ2v) is 9.27. The first-order valence-corrected chi connectivity index (χ1v) is 12.1.